The molecule has 0 bridgehead atoms. The minimum absolute atomic E-state index is 0.0662. The van der Waals surface area contributed by atoms with Gasteiger partial charge in [-0.05, 0) is 82.3 Å². The highest BCUT2D eigenvalue weighted by Crippen LogP contribution is 2.41. The van der Waals surface area contributed by atoms with Gasteiger partial charge in [0.15, 0.2) is 0 Å². The highest BCUT2D eigenvalue weighted by atomic mass is 32.1. The van der Waals surface area contributed by atoms with Gasteiger partial charge in [-0.15, -0.1) is 11.3 Å². The summed E-state index contributed by atoms with van der Waals surface area (Å²) in [5, 5.41) is 14.4. The third-order valence-electron chi connectivity index (χ3n) is 6.94. The molecule has 0 fully saturated rings. The Balaban J connectivity index is 1.95. The van der Waals surface area contributed by atoms with Crippen LogP contribution < -0.4 is 0 Å². The number of aryl methyl sites for hydroxylation is 1. The zero-order valence-electron chi connectivity index (χ0n) is 21.7. The maximum atomic E-state index is 9.71. The molecule has 0 saturated heterocycles. The molecule has 2 heterocycles. The lowest BCUT2D eigenvalue weighted by molar-refractivity contribution is 0.590. The third kappa shape index (κ3) is 3.97. The zero-order valence-corrected chi connectivity index (χ0v) is 22.5. The lowest BCUT2D eigenvalue weighted by Gasteiger charge is -2.20. The molecule has 0 aliphatic rings. The molecule has 0 atom stereocenters. The van der Waals surface area contributed by atoms with E-state index in [1.54, 1.807) is 11.3 Å². The van der Waals surface area contributed by atoms with Gasteiger partial charge < -0.3 is 4.57 Å². The van der Waals surface area contributed by atoms with E-state index in [0.717, 1.165) is 16.8 Å². The summed E-state index contributed by atoms with van der Waals surface area (Å²) in [5.41, 5.74) is 9.25. The molecule has 0 N–H and O–H groups in total. The highest BCUT2D eigenvalue weighted by molar-refractivity contribution is 7.13. The van der Waals surface area contributed by atoms with E-state index in [0.29, 0.717) is 5.56 Å². The van der Waals surface area contributed by atoms with Crippen LogP contribution in [0.2, 0.25) is 0 Å². The molecule has 0 aliphatic carbocycles. The largest absolute Gasteiger partial charge is 0.308 e. The summed E-state index contributed by atoms with van der Waals surface area (Å²) in [7, 11) is 0. The van der Waals surface area contributed by atoms with Crippen LogP contribution in [-0.4, -0.2) is 4.57 Å². The number of thiophene rings is 1. The monoisotopic (exact) mass is 476 g/mol. The summed E-state index contributed by atoms with van der Waals surface area (Å²) >= 11 is 1.72. The van der Waals surface area contributed by atoms with Crippen LogP contribution in [0.25, 0.3) is 37.9 Å². The highest BCUT2D eigenvalue weighted by Gasteiger charge is 2.23. The SMILES string of the molecule is Cc1cc(C#N)cc(-c2cccs2)c1-n1c2ccc(C(C)(C)C)cc2c2cc(C(C)(C)C)ccc21. The van der Waals surface area contributed by atoms with Crippen molar-refractivity contribution in [3.8, 4) is 22.2 Å². The Kier molecular flexibility index (Phi) is 5.42. The summed E-state index contributed by atoms with van der Waals surface area (Å²) in [5.74, 6) is 0. The van der Waals surface area contributed by atoms with Gasteiger partial charge in [-0.3, -0.25) is 0 Å². The number of hydrogen-bond donors (Lipinski definition) is 0. The molecule has 176 valence electrons. The Hall–Kier alpha value is -3.35. The second kappa shape index (κ2) is 8.11. The fourth-order valence-electron chi connectivity index (χ4n) is 4.96. The van der Waals surface area contributed by atoms with Crippen molar-refractivity contribution < 1.29 is 0 Å². The van der Waals surface area contributed by atoms with E-state index in [1.807, 2.05) is 12.1 Å². The van der Waals surface area contributed by atoms with Gasteiger partial charge >= 0.3 is 0 Å². The lowest BCUT2D eigenvalue weighted by Crippen LogP contribution is -2.10. The zero-order chi connectivity index (χ0) is 25.1. The van der Waals surface area contributed by atoms with Crippen molar-refractivity contribution in [3.63, 3.8) is 0 Å². The first-order valence-corrected chi connectivity index (χ1v) is 13.1. The average Bonchev–Trinajstić information content (AvgIpc) is 3.43. The Morgan fingerprint density at radius 1 is 0.771 bits per heavy atom. The van der Waals surface area contributed by atoms with Crippen LogP contribution in [0.5, 0.6) is 0 Å². The number of nitriles is 1. The first-order valence-electron chi connectivity index (χ1n) is 12.2. The summed E-state index contributed by atoms with van der Waals surface area (Å²) in [6.07, 6.45) is 0. The van der Waals surface area contributed by atoms with Crippen LogP contribution >= 0.6 is 11.3 Å². The number of fused-ring (bicyclic) bond motifs is 3. The number of nitrogens with zero attached hydrogens (tertiary/aromatic N) is 2. The molecular weight excluding hydrogens is 444 g/mol. The normalized spacial score (nSPS) is 12.4. The van der Waals surface area contributed by atoms with E-state index in [4.69, 9.17) is 0 Å². The number of rotatable bonds is 2. The van der Waals surface area contributed by atoms with Crippen molar-refractivity contribution in [2.45, 2.75) is 59.3 Å². The van der Waals surface area contributed by atoms with E-state index in [9.17, 15) is 5.26 Å². The summed E-state index contributed by atoms with van der Waals surface area (Å²) < 4.78 is 2.41. The lowest BCUT2D eigenvalue weighted by atomic mass is 9.85. The van der Waals surface area contributed by atoms with Gasteiger partial charge in [0.1, 0.15) is 0 Å². The molecule has 0 spiro atoms. The van der Waals surface area contributed by atoms with E-state index in [-0.39, 0.29) is 10.8 Å². The Labute approximate surface area is 212 Å². The second-order valence-corrected chi connectivity index (χ2v) is 12.5. The van der Waals surface area contributed by atoms with Gasteiger partial charge in [-0.2, -0.15) is 5.26 Å². The van der Waals surface area contributed by atoms with Crippen molar-refractivity contribution in [2.75, 3.05) is 0 Å². The molecule has 0 unspecified atom stereocenters. The fourth-order valence-corrected chi connectivity index (χ4v) is 5.70. The molecule has 3 heteroatoms. The summed E-state index contributed by atoms with van der Waals surface area (Å²) in [6, 6.07) is 24.5. The maximum absolute atomic E-state index is 9.71. The molecule has 2 nitrogen and oxygen atoms in total. The van der Waals surface area contributed by atoms with Crippen molar-refractivity contribution in [3.05, 3.63) is 88.3 Å². The van der Waals surface area contributed by atoms with Crippen LogP contribution in [0.1, 0.15) is 63.8 Å². The summed E-state index contributed by atoms with van der Waals surface area (Å²) in [4.78, 5) is 1.17. The standard InChI is InChI=1S/C32H32N2S/c1-20-15-21(19-33)16-26(29-9-8-14-35-29)30(20)34-27-12-10-22(31(2,3)4)17-24(27)25-18-23(32(5,6)7)11-13-28(25)34/h8-18H,1-7H3. The minimum Gasteiger partial charge on any atom is -0.308 e. The first-order chi connectivity index (χ1) is 16.5. The number of benzene rings is 3. The molecule has 35 heavy (non-hydrogen) atoms. The van der Waals surface area contributed by atoms with E-state index in [2.05, 4.69) is 113 Å². The van der Waals surface area contributed by atoms with Crippen LogP contribution in [0, 0.1) is 18.3 Å². The van der Waals surface area contributed by atoms with E-state index in [1.165, 1.54) is 37.8 Å². The van der Waals surface area contributed by atoms with Crippen LogP contribution in [-0.2, 0) is 10.8 Å². The molecule has 3 aromatic carbocycles. The first kappa shape index (κ1) is 23.4. The quantitative estimate of drug-likeness (QED) is 0.249. The molecule has 5 rings (SSSR count). The second-order valence-electron chi connectivity index (χ2n) is 11.6. The van der Waals surface area contributed by atoms with Gasteiger partial charge in [0.05, 0.1) is 28.4 Å². The topological polar surface area (TPSA) is 28.7 Å². The number of hydrogen-bond acceptors (Lipinski definition) is 2. The van der Waals surface area contributed by atoms with Gasteiger partial charge in [0.2, 0.25) is 0 Å². The molecule has 2 aromatic heterocycles. The molecule has 0 aliphatic heterocycles. The molecule has 5 aromatic rings. The average molecular weight is 477 g/mol. The van der Waals surface area contributed by atoms with E-state index < -0.39 is 0 Å². The van der Waals surface area contributed by atoms with Crippen LogP contribution in [0.15, 0.2) is 66.0 Å². The smallest absolute Gasteiger partial charge is 0.0991 e. The van der Waals surface area contributed by atoms with Gasteiger partial charge in [-0.1, -0.05) is 59.7 Å². The predicted molar refractivity (Wildman–Crippen MR) is 151 cm³/mol. The Morgan fingerprint density at radius 2 is 1.34 bits per heavy atom. The van der Waals surface area contributed by atoms with E-state index >= 15 is 0 Å². The maximum Gasteiger partial charge on any atom is 0.0991 e. The van der Waals surface area contributed by atoms with Crippen molar-refractivity contribution >= 4 is 33.1 Å². The predicted octanol–water partition coefficient (Wildman–Crippen LogP) is 9.29. The minimum atomic E-state index is 0.0662. The van der Waals surface area contributed by atoms with Crippen molar-refractivity contribution in [2.24, 2.45) is 0 Å². The van der Waals surface area contributed by atoms with Crippen molar-refractivity contribution in [1.29, 1.82) is 5.26 Å². The van der Waals surface area contributed by atoms with Gasteiger partial charge in [0.25, 0.3) is 0 Å². The Morgan fingerprint density at radius 3 is 1.80 bits per heavy atom. The van der Waals surface area contributed by atoms with Crippen LogP contribution in [0.4, 0.5) is 0 Å². The Bertz CT molecular complexity index is 1540. The molecule has 0 saturated carbocycles. The molecule has 0 amide bonds. The van der Waals surface area contributed by atoms with Gasteiger partial charge in [0, 0.05) is 21.2 Å². The van der Waals surface area contributed by atoms with Crippen LogP contribution in [0.3, 0.4) is 0 Å². The summed E-state index contributed by atoms with van der Waals surface area (Å²) in [6.45, 7) is 15.8. The third-order valence-corrected chi connectivity index (χ3v) is 7.84. The van der Waals surface area contributed by atoms with Crippen molar-refractivity contribution in [1.82, 2.24) is 4.57 Å². The number of aromatic nitrogens is 1. The fraction of sp³-hybridized carbons (Fsp3) is 0.281. The van der Waals surface area contributed by atoms with Gasteiger partial charge in [-0.25, -0.2) is 0 Å². The molecule has 0 radical (unpaired) electrons. The molecular formula is C32H32N2S.